The van der Waals surface area contributed by atoms with Gasteiger partial charge in [-0.15, -0.1) is 0 Å². The first-order chi connectivity index (χ1) is 16.2. The molecule has 0 aliphatic carbocycles. The molecule has 182 valence electrons. The fraction of sp³-hybridized carbons (Fsp3) is 0.318. The number of phenolic OH excluding ortho intramolecular Hbond substituents is 3. The Hall–Kier alpha value is -3.55. The Morgan fingerprint density at radius 3 is 2.32 bits per heavy atom. The Morgan fingerprint density at radius 2 is 1.68 bits per heavy atom. The molecule has 0 amide bonds. The highest BCUT2D eigenvalue weighted by Crippen LogP contribution is 2.39. The first-order valence-electron chi connectivity index (χ1n) is 10.0. The van der Waals surface area contributed by atoms with E-state index in [-0.39, 0.29) is 28.0 Å². The number of hydrogen-bond acceptors (Lipinski definition) is 12. The number of rotatable bonds is 5. The number of aromatic hydroxyl groups is 3. The van der Waals surface area contributed by atoms with Crippen LogP contribution in [0.2, 0.25) is 0 Å². The van der Waals surface area contributed by atoms with Gasteiger partial charge in [-0.3, -0.25) is 4.79 Å². The van der Waals surface area contributed by atoms with Gasteiger partial charge in [0.05, 0.1) is 13.7 Å². The van der Waals surface area contributed by atoms with E-state index in [0.717, 1.165) is 12.1 Å². The lowest BCUT2D eigenvalue weighted by molar-refractivity contribution is -0.277. The largest absolute Gasteiger partial charge is 0.507 e. The standard InChI is InChI=1S/C22H22O12/c1-31-9-5-12(26)15-13(6-9)32-20(8-2-3-10(24)11(25)4-8)21(17(15)28)34-22-19(30)18(29)16(27)14(7-23)33-22/h2-6,14,16,18-19,22-27,29-30H,7H2,1H3/t14-,16-,18-,19+,22+/m1/s1. The third-order valence-corrected chi connectivity index (χ3v) is 5.46. The second-order valence-corrected chi connectivity index (χ2v) is 7.63. The number of hydrogen-bond donors (Lipinski definition) is 7. The molecule has 0 saturated carbocycles. The van der Waals surface area contributed by atoms with Crippen LogP contribution in [0.4, 0.5) is 0 Å². The minimum Gasteiger partial charge on any atom is -0.507 e. The summed E-state index contributed by atoms with van der Waals surface area (Å²) in [6.45, 7) is -0.726. The molecule has 7 N–H and O–H groups in total. The monoisotopic (exact) mass is 478 g/mol. The van der Waals surface area contributed by atoms with Gasteiger partial charge in [0.1, 0.15) is 46.9 Å². The van der Waals surface area contributed by atoms with Crippen LogP contribution in [-0.2, 0) is 4.74 Å². The van der Waals surface area contributed by atoms with Crippen molar-refractivity contribution in [2.24, 2.45) is 0 Å². The highest BCUT2D eigenvalue weighted by molar-refractivity contribution is 5.88. The van der Waals surface area contributed by atoms with Crippen LogP contribution in [0.1, 0.15) is 0 Å². The van der Waals surface area contributed by atoms with Crippen LogP contribution in [0.5, 0.6) is 28.7 Å². The molecule has 12 heteroatoms. The minimum atomic E-state index is -1.83. The van der Waals surface area contributed by atoms with Crippen molar-refractivity contribution in [2.45, 2.75) is 30.7 Å². The summed E-state index contributed by atoms with van der Waals surface area (Å²) in [5.41, 5.74) is -0.942. The zero-order valence-electron chi connectivity index (χ0n) is 17.7. The quantitative estimate of drug-likeness (QED) is 0.238. The average Bonchev–Trinajstić information content (AvgIpc) is 2.82. The molecular formula is C22H22O12. The van der Waals surface area contributed by atoms with E-state index in [2.05, 4.69) is 0 Å². The lowest BCUT2D eigenvalue weighted by atomic mass is 9.99. The highest BCUT2D eigenvalue weighted by Gasteiger charge is 2.45. The molecule has 3 aromatic rings. The number of methoxy groups -OCH3 is 1. The summed E-state index contributed by atoms with van der Waals surface area (Å²) in [4.78, 5) is 13.4. The molecule has 1 aliphatic heterocycles. The molecule has 1 fully saturated rings. The maximum absolute atomic E-state index is 13.4. The van der Waals surface area contributed by atoms with E-state index in [0.29, 0.717) is 0 Å². The Kier molecular flexibility index (Phi) is 6.25. The fourth-order valence-corrected chi connectivity index (χ4v) is 3.62. The number of ether oxygens (including phenoxy) is 3. The number of aliphatic hydroxyl groups excluding tert-OH is 4. The van der Waals surface area contributed by atoms with Gasteiger partial charge in [-0.25, -0.2) is 0 Å². The van der Waals surface area contributed by atoms with Gasteiger partial charge in [0, 0.05) is 17.7 Å². The Balaban J connectivity index is 1.92. The summed E-state index contributed by atoms with van der Waals surface area (Å²) in [7, 11) is 1.34. The molecule has 2 aromatic carbocycles. The smallest absolute Gasteiger partial charge is 0.239 e. The van der Waals surface area contributed by atoms with Gasteiger partial charge in [-0.1, -0.05) is 0 Å². The minimum absolute atomic E-state index is 0.0659. The van der Waals surface area contributed by atoms with Gasteiger partial charge in [0.25, 0.3) is 0 Å². The maximum atomic E-state index is 13.4. The molecule has 5 atom stereocenters. The molecule has 2 heterocycles. The van der Waals surface area contributed by atoms with Crippen molar-refractivity contribution in [2.75, 3.05) is 13.7 Å². The topological polar surface area (TPSA) is 200 Å². The van der Waals surface area contributed by atoms with E-state index in [4.69, 9.17) is 18.6 Å². The molecule has 1 aromatic heterocycles. The van der Waals surface area contributed by atoms with Crippen LogP contribution in [0.3, 0.4) is 0 Å². The van der Waals surface area contributed by atoms with Crippen LogP contribution >= 0.6 is 0 Å². The fourth-order valence-electron chi connectivity index (χ4n) is 3.62. The first kappa shape index (κ1) is 23.6. The first-order valence-corrected chi connectivity index (χ1v) is 10.0. The van der Waals surface area contributed by atoms with Crippen LogP contribution in [0.25, 0.3) is 22.3 Å². The highest BCUT2D eigenvalue weighted by atomic mass is 16.7. The zero-order chi connectivity index (χ0) is 24.7. The van der Waals surface area contributed by atoms with Gasteiger partial charge in [-0.2, -0.15) is 0 Å². The summed E-state index contributed by atoms with van der Waals surface area (Å²) >= 11 is 0. The van der Waals surface area contributed by atoms with Crippen molar-refractivity contribution < 1.29 is 54.4 Å². The van der Waals surface area contributed by atoms with Gasteiger partial charge < -0.3 is 54.4 Å². The molecular weight excluding hydrogens is 456 g/mol. The SMILES string of the molecule is COc1cc(O)c2c(=O)c(O[C@@H]3O[C@H](CO)[C@@H](O)[C@@H](O)[C@@H]3O)c(-c3ccc(O)c(O)c3)oc2c1. The molecule has 1 aliphatic rings. The van der Waals surface area contributed by atoms with E-state index in [9.17, 15) is 40.5 Å². The number of aliphatic hydroxyl groups is 4. The van der Waals surface area contributed by atoms with Gasteiger partial charge in [0.2, 0.25) is 17.5 Å². The zero-order valence-corrected chi connectivity index (χ0v) is 17.7. The Bertz CT molecular complexity index is 1270. The summed E-state index contributed by atoms with van der Waals surface area (Å²) in [6, 6.07) is 6.02. The van der Waals surface area contributed by atoms with E-state index in [1.165, 1.54) is 25.3 Å². The predicted molar refractivity (Wildman–Crippen MR) is 114 cm³/mol. The van der Waals surface area contributed by atoms with Crippen LogP contribution < -0.4 is 14.9 Å². The average molecular weight is 478 g/mol. The van der Waals surface area contributed by atoms with Crippen LogP contribution in [0.15, 0.2) is 39.5 Å². The molecule has 1 saturated heterocycles. The second kappa shape index (κ2) is 9.00. The van der Waals surface area contributed by atoms with Gasteiger partial charge in [0.15, 0.2) is 17.3 Å². The number of phenols is 3. The van der Waals surface area contributed by atoms with Crippen molar-refractivity contribution in [1.82, 2.24) is 0 Å². The van der Waals surface area contributed by atoms with Crippen molar-refractivity contribution in [3.63, 3.8) is 0 Å². The Morgan fingerprint density at radius 1 is 0.941 bits per heavy atom. The van der Waals surface area contributed by atoms with Crippen LogP contribution in [-0.4, -0.2) is 80.2 Å². The third-order valence-electron chi connectivity index (χ3n) is 5.46. The van der Waals surface area contributed by atoms with Crippen molar-refractivity contribution in [3.8, 4) is 40.1 Å². The molecule has 0 unspecified atom stereocenters. The van der Waals surface area contributed by atoms with E-state index >= 15 is 0 Å². The summed E-state index contributed by atoms with van der Waals surface area (Å²) in [6.07, 6.45) is -8.31. The van der Waals surface area contributed by atoms with Crippen molar-refractivity contribution >= 4 is 11.0 Å². The van der Waals surface area contributed by atoms with E-state index in [1.807, 2.05) is 0 Å². The van der Waals surface area contributed by atoms with E-state index in [1.54, 1.807) is 0 Å². The van der Waals surface area contributed by atoms with Crippen molar-refractivity contribution in [1.29, 1.82) is 0 Å². The second-order valence-electron chi connectivity index (χ2n) is 7.63. The summed E-state index contributed by atoms with van der Waals surface area (Å²) in [5, 5.41) is 69.5. The lowest BCUT2D eigenvalue weighted by Gasteiger charge is -2.39. The number of benzene rings is 2. The molecule has 34 heavy (non-hydrogen) atoms. The van der Waals surface area contributed by atoms with Crippen LogP contribution in [0, 0.1) is 0 Å². The molecule has 0 spiro atoms. The summed E-state index contributed by atoms with van der Waals surface area (Å²) in [5.74, 6) is -2.16. The van der Waals surface area contributed by atoms with Gasteiger partial charge in [-0.05, 0) is 18.2 Å². The maximum Gasteiger partial charge on any atom is 0.239 e. The third kappa shape index (κ3) is 3.97. The Labute approximate surface area is 191 Å². The summed E-state index contributed by atoms with van der Waals surface area (Å²) < 4.78 is 21.8. The molecule has 0 bridgehead atoms. The molecule has 12 nitrogen and oxygen atoms in total. The molecule has 0 radical (unpaired) electrons. The normalized spacial score (nSPS) is 24.8. The van der Waals surface area contributed by atoms with Gasteiger partial charge >= 0.3 is 0 Å². The van der Waals surface area contributed by atoms with Crippen molar-refractivity contribution in [3.05, 3.63) is 40.6 Å². The van der Waals surface area contributed by atoms with E-state index < -0.39 is 65.7 Å². The lowest BCUT2D eigenvalue weighted by Crippen LogP contribution is -2.60. The number of fused-ring (bicyclic) bond motifs is 1. The predicted octanol–water partition coefficient (Wildman–Crippen LogP) is -0.236. The molecule has 4 rings (SSSR count).